The summed E-state index contributed by atoms with van der Waals surface area (Å²) in [6.45, 7) is 2.23. The lowest BCUT2D eigenvalue weighted by molar-refractivity contribution is -0.121. The number of amides is 1. The number of hydrogen-bond donors (Lipinski definition) is 1. The van der Waals surface area contributed by atoms with Gasteiger partial charge in [0.15, 0.2) is 0 Å². The third-order valence-corrected chi connectivity index (χ3v) is 7.19. The number of carbonyl (C=O) groups is 1. The Morgan fingerprint density at radius 2 is 1.67 bits per heavy atom. The first kappa shape index (κ1) is 16.4. The quantitative estimate of drug-likeness (QED) is 0.708. The maximum atomic E-state index is 12.4. The first-order valence-corrected chi connectivity index (χ1v) is 10.1. The largest absolute Gasteiger partial charge is 0.350 e. The monoisotopic (exact) mass is 387 g/mol. The van der Waals surface area contributed by atoms with Crippen molar-refractivity contribution >= 4 is 27.9 Å². The van der Waals surface area contributed by atoms with Crippen LogP contribution in [-0.4, -0.2) is 11.9 Å². The van der Waals surface area contributed by atoms with Crippen molar-refractivity contribution in [3.63, 3.8) is 0 Å². The molecule has 0 radical (unpaired) electrons. The molecule has 1 N–H and O–H groups in total. The molecule has 24 heavy (non-hydrogen) atoms. The molecule has 4 saturated carbocycles. The maximum absolute atomic E-state index is 12.4. The molecule has 0 spiro atoms. The summed E-state index contributed by atoms with van der Waals surface area (Å²) in [5.74, 6) is 2.82. The lowest BCUT2D eigenvalue weighted by Gasteiger charge is -2.59. The molecule has 3 heteroatoms. The Morgan fingerprint density at radius 3 is 2.21 bits per heavy atom. The summed E-state index contributed by atoms with van der Waals surface area (Å²) in [6, 6.07) is 8.30. The summed E-state index contributed by atoms with van der Waals surface area (Å²) < 4.78 is 1.06. The van der Waals surface area contributed by atoms with Gasteiger partial charge in [0.05, 0.1) is 0 Å². The number of hydrogen-bond acceptors (Lipinski definition) is 1. The van der Waals surface area contributed by atoms with Gasteiger partial charge in [-0.2, -0.15) is 0 Å². The number of benzene rings is 1. The van der Waals surface area contributed by atoms with Gasteiger partial charge in [0.25, 0.3) is 0 Å². The van der Waals surface area contributed by atoms with E-state index >= 15 is 0 Å². The van der Waals surface area contributed by atoms with Crippen molar-refractivity contribution in [2.75, 3.05) is 0 Å². The minimum Gasteiger partial charge on any atom is -0.350 e. The highest BCUT2D eigenvalue weighted by Gasteiger charge is 2.53. The summed E-state index contributed by atoms with van der Waals surface area (Å²) in [7, 11) is 0. The molecule has 1 aromatic rings. The molecule has 4 fully saturated rings. The Morgan fingerprint density at radius 1 is 1.12 bits per heavy atom. The van der Waals surface area contributed by atoms with Crippen molar-refractivity contribution in [3.05, 3.63) is 40.4 Å². The van der Waals surface area contributed by atoms with Crippen LogP contribution in [0.4, 0.5) is 0 Å². The minimum absolute atomic E-state index is 0.0427. The van der Waals surface area contributed by atoms with Crippen LogP contribution in [-0.2, 0) is 4.79 Å². The first-order chi connectivity index (χ1) is 11.5. The molecule has 0 saturated heterocycles. The second-order valence-corrected chi connectivity index (χ2v) is 9.31. The van der Waals surface area contributed by atoms with Gasteiger partial charge in [0.1, 0.15) is 0 Å². The molecule has 4 aliphatic rings. The van der Waals surface area contributed by atoms with E-state index in [0.29, 0.717) is 5.41 Å². The van der Waals surface area contributed by atoms with E-state index in [1.54, 1.807) is 6.08 Å². The number of carbonyl (C=O) groups excluding carboxylic acids is 1. The molecule has 0 heterocycles. The van der Waals surface area contributed by atoms with Crippen LogP contribution in [0.5, 0.6) is 0 Å². The highest BCUT2D eigenvalue weighted by Crippen LogP contribution is 2.61. The van der Waals surface area contributed by atoms with E-state index < -0.39 is 0 Å². The number of rotatable bonds is 4. The van der Waals surface area contributed by atoms with Crippen LogP contribution in [0, 0.1) is 23.2 Å². The third kappa shape index (κ3) is 3.20. The lowest BCUT2D eigenvalue weighted by atomic mass is 9.48. The van der Waals surface area contributed by atoms with Crippen LogP contribution in [0.15, 0.2) is 34.8 Å². The van der Waals surface area contributed by atoms with Crippen molar-refractivity contribution in [3.8, 4) is 0 Å². The Bertz CT molecular complexity index is 613. The molecular weight excluding hydrogens is 362 g/mol. The van der Waals surface area contributed by atoms with E-state index in [1.165, 1.54) is 38.5 Å². The summed E-state index contributed by atoms with van der Waals surface area (Å²) >= 11 is 3.43. The molecule has 0 aliphatic heterocycles. The fourth-order valence-corrected chi connectivity index (χ4v) is 6.13. The van der Waals surface area contributed by atoms with E-state index in [0.717, 1.165) is 27.8 Å². The van der Waals surface area contributed by atoms with E-state index in [9.17, 15) is 4.79 Å². The highest BCUT2D eigenvalue weighted by atomic mass is 79.9. The van der Waals surface area contributed by atoms with Crippen molar-refractivity contribution in [2.45, 2.75) is 51.5 Å². The third-order valence-electron chi connectivity index (χ3n) is 6.66. The van der Waals surface area contributed by atoms with Gasteiger partial charge in [-0.3, -0.25) is 4.79 Å². The molecular formula is C21H26BrNO. The molecule has 1 unspecified atom stereocenters. The zero-order chi connectivity index (χ0) is 16.7. The van der Waals surface area contributed by atoms with Crippen molar-refractivity contribution < 1.29 is 4.79 Å². The van der Waals surface area contributed by atoms with E-state index in [1.807, 2.05) is 30.3 Å². The minimum atomic E-state index is 0.0427. The zero-order valence-corrected chi connectivity index (χ0v) is 15.9. The standard InChI is InChI=1S/C21H26BrNO/c1-14(21-11-16-8-17(12-21)10-18(9-16)13-21)23-20(24)7-4-15-2-5-19(22)6-3-15/h2-7,14,16-18H,8-13H2,1H3,(H,23,24). The molecule has 2 nitrogen and oxygen atoms in total. The average Bonchev–Trinajstić information content (AvgIpc) is 2.53. The van der Waals surface area contributed by atoms with E-state index in [2.05, 4.69) is 28.2 Å². The Balaban J connectivity index is 1.39. The first-order valence-electron chi connectivity index (χ1n) is 9.26. The van der Waals surface area contributed by atoms with Gasteiger partial charge in [-0.05, 0) is 92.4 Å². The number of nitrogens with one attached hydrogen (secondary N) is 1. The second-order valence-electron chi connectivity index (χ2n) is 8.40. The lowest BCUT2D eigenvalue weighted by Crippen LogP contribution is -2.55. The molecule has 4 bridgehead atoms. The van der Waals surface area contributed by atoms with Crippen molar-refractivity contribution in [1.82, 2.24) is 5.32 Å². The molecule has 1 aromatic carbocycles. The highest BCUT2D eigenvalue weighted by molar-refractivity contribution is 9.10. The van der Waals surface area contributed by atoms with E-state index in [4.69, 9.17) is 0 Å². The van der Waals surface area contributed by atoms with Gasteiger partial charge >= 0.3 is 0 Å². The second kappa shape index (κ2) is 6.33. The average molecular weight is 388 g/mol. The smallest absolute Gasteiger partial charge is 0.244 e. The van der Waals surface area contributed by atoms with Gasteiger partial charge in [0, 0.05) is 16.6 Å². The zero-order valence-electron chi connectivity index (χ0n) is 14.3. The van der Waals surface area contributed by atoms with Crippen molar-refractivity contribution in [2.24, 2.45) is 23.2 Å². The van der Waals surface area contributed by atoms with Gasteiger partial charge in [-0.1, -0.05) is 28.1 Å². The van der Waals surface area contributed by atoms with Gasteiger partial charge in [-0.15, -0.1) is 0 Å². The van der Waals surface area contributed by atoms with Gasteiger partial charge in [0.2, 0.25) is 5.91 Å². The van der Waals surface area contributed by atoms with Crippen LogP contribution >= 0.6 is 15.9 Å². The summed E-state index contributed by atoms with van der Waals surface area (Å²) in [5, 5.41) is 3.28. The predicted molar refractivity (Wildman–Crippen MR) is 101 cm³/mol. The molecule has 1 amide bonds. The molecule has 128 valence electrons. The van der Waals surface area contributed by atoms with Crippen LogP contribution in [0.3, 0.4) is 0 Å². The summed E-state index contributed by atoms with van der Waals surface area (Å²) in [6.07, 6.45) is 11.9. The van der Waals surface area contributed by atoms with Gasteiger partial charge in [-0.25, -0.2) is 0 Å². The van der Waals surface area contributed by atoms with Crippen LogP contribution in [0.2, 0.25) is 0 Å². The van der Waals surface area contributed by atoms with Gasteiger partial charge < -0.3 is 5.32 Å². The normalized spacial score (nSPS) is 35.3. The van der Waals surface area contributed by atoms with Crippen molar-refractivity contribution in [1.29, 1.82) is 0 Å². The number of halogens is 1. The summed E-state index contributed by atoms with van der Waals surface area (Å²) in [5.41, 5.74) is 1.42. The SMILES string of the molecule is CC(NC(=O)C=Cc1ccc(Br)cc1)C12CC3CC(CC(C3)C1)C2. The molecule has 5 rings (SSSR count). The molecule has 4 aliphatic carbocycles. The van der Waals surface area contributed by atoms with Crippen LogP contribution in [0.25, 0.3) is 6.08 Å². The Labute approximate surface area is 153 Å². The maximum Gasteiger partial charge on any atom is 0.244 e. The topological polar surface area (TPSA) is 29.1 Å². The van der Waals surface area contributed by atoms with E-state index in [-0.39, 0.29) is 11.9 Å². The Hall–Kier alpha value is -1.09. The summed E-state index contributed by atoms with van der Waals surface area (Å²) in [4.78, 5) is 12.4. The Kier molecular flexibility index (Phi) is 4.32. The fourth-order valence-electron chi connectivity index (χ4n) is 5.87. The molecule has 1 atom stereocenters. The van der Waals surface area contributed by atoms with Crippen LogP contribution < -0.4 is 5.32 Å². The predicted octanol–water partition coefficient (Wildman–Crippen LogP) is 5.18. The fraction of sp³-hybridized carbons (Fsp3) is 0.571. The molecule has 0 aromatic heterocycles. The van der Waals surface area contributed by atoms with Crippen LogP contribution in [0.1, 0.15) is 51.0 Å².